The van der Waals surface area contributed by atoms with Crippen LogP contribution in [0.2, 0.25) is 5.02 Å². The van der Waals surface area contributed by atoms with Gasteiger partial charge in [0.15, 0.2) is 0 Å². The van der Waals surface area contributed by atoms with Gasteiger partial charge in [0.25, 0.3) is 0 Å². The molecule has 4 aromatic rings. The van der Waals surface area contributed by atoms with Crippen LogP contribution in [0.25, 0.3) is 21.3 Å². The number of anilines is 2. The number of thiophene rings is 1. The Balaban J connectivity index is 1.42. The maximum absolute atomic E-state index is 12.3. The molecule has 2 aromatic carbocycles. The molecule has 0 unspecified atom stereocenters. The molecule has 0 bridgehead atoms. The van der Waals surface area contributed by atoms with Crippen LogP contribution >= 0.6 is 22.9 Å². The number of benzene rings is 2. The zero-order chi connectivity index (χ0) is 21.8. The molecule has 2 aromatic heterocycles. The molecular formula is C24H23ClN4OS. The fraction of sp³-hybridized carbons (Fsp3) is 0.208. The molecule has 7 heteroatoms. The van der Waals surface area contributed by atoms with Gasteiger partial charge in [0.2, 0.25) is 5.91 Å². The van der Waals surface area contributed by atoms with Crippen molar-refractivity contribution in [1.29, 1.82) is 0 Å². The van der Waals surface area contributed by atoms with E-state index in [9.17, 15) is 4.79 Å². The average Bonchev–Trinajstić information content (AvgIpc) is 3.10. The number of carbonyl (C=O) groups is 1. The molecule has 0 fully saturated rings. The van der Waals surface area contributed by atoms with Crippen LogP contribution in [0.5, 0.6) is 0 Å². The normalized spacial score (nSPS) is 10.9. The fourth-order valence-electron chi connectivity index (χ4n) is 3.57. The number of carbonyl (C=O) groups excluding carboxylic acids is 1. The van der Waals surface area contributed by atoms with Crippen molar-refractivity contribution in [3.05, 3.63) is 70.3 Å². The van der Waals surface area contributed by atoms with E-state index in [2.05, 4.69) is 39.7 Å². The van der Waals surface area contributed by atoms with Crippen LogP contribution in [-0.2, 0) is 4.79 Å². The van der Waals surface area contributed by atoms with Crippen LogP contribution in [0.3, 0.4) is 0 Å². The first-order valence-corrected chi connectivity index (χ1v) is 11.3. The molecule has 1 amide bonds. The maximum atomic E-state index is 12.3. The van der Waals surface area contributed by atoms with E-state index in [1.807, 2.05) is 37.3 Å². The van der Waals surface area contributed by atoms with Gasteiger partial charge in [-0.3, -0.25) is 4.79 Å². The predicted molar refractivity (Wildman–Crippen MR) is 130 cm³/mol. The molecule has 4 rings (SSSR count). The van der Waals surface area contributed by atoms with Crippen molar-refractivity contribution < 1.29 is 4.79 Å². The number of rotatable bonds is 7. The van der Waals surface area contributed by atoms with Gasteiger partial charge >= 0.3 is 0 Å². The molecular weight excluding hydrogens is 428 g/mol. The van der Waals surface area contributed by atoms with E-state index in [0.717, 1.165) is 32.8 Å². The molecule has 0 aliphatic carbocycles. The van der Waals surface area contributed by atoms with E-state index >= 15 is 0 Å². The zero-order valence-electron chi connectivity index (χ0n) is 17.4. The van der Waals surface area contributed by atoms with Gasteiger partial charge in [-0.15, -0.1) is 11.3 Å². The number of fused-ring (bicyclic) bond motifs is 1. The first-order chi connectivity index (χ1) is 15.0. The second-order valence-corrected chi connectivity index (χ2v) is 8.98. The molecule has 2 N–H and O–H groups in total. The zero-order valence-corrected chi connectivity index (χ0v) is 19.0. The summed E-state index contributed by atoms with van der Waals surface area (Å²) >= 11 is 7.65. The minimum Gasteiger partial charge on any atom is -0.369 e. The molecule has 5 nitrogen and oxygen atoms in total. The smallest absolute Gasteiger partial charge is 0.224 e. The molecule has 31 heavy (non-hydrogen) atoms. The number of nitrogens with one attached hydrogen (secondary N) is 2. The molecule has 2 heterocycles. The summed E-state index contributed by atoms with van der Waals surface area (Å²) in [6.45, 7) is 4.68. The standard InChI is InChI=1S/C24H23ClN4OS/c1-15-13-18(25)10-11-19(15)29-20(30)9-6-12-26-23-22-21(17-7-4-3-5-8-17)16(2)31-24(22)28-14-27-23/h3-5,7-8,10-11,13-14H,6,9,12H2,1-2H3,(H,29,30)(H,26,27,28). The van der Waals surface area contributed by atoms with Crippen LogP contribution in [-0.4, -0.2) is 22.4 Å². The van der Waals surface area contributed by atoms with Gasteiger partial charge in [0.05, 0.1) is 5.39 Å². The van der Waals surface area contributed by atoms with Crippen molar-refractivity contribution in [3.63, 3.8) is 0 Å². The molecule has 0 saturated carbocycles. The number of nitrogens with zero attached hydrogens (tertiary/aromatic N) is 2. The summed E-state index contributed by atoms with van der Waals surface area (Å²) in [5.74, 6) is 0.790. The highest BCUT2D eigenvalue weighted by molar-refractivity contribution is 7.19. The SMILES string of the molecule is Cc1cc(Cl)ccc1NC(=O)CCCNc1ncnc2sc(C)c(-c3ccccc3)c12. The summed E-state index contributed by atoms with van der Waals surface area (Å²) in [6, 6.07) is 15.7. The van der Waals surface area contributed by atoms with Gasteiger partial charge in [-0.1, -0.05) is 41.9 Å². The molecule has 0 aliphatic rings. The Hall–Kier alpha value is -2.96. The average molecular weight is 451 g/mol. The number of hydrogen-bond donors (Lipinski definition) is 2. The van der Waals surface area contributed by atoms with E-state index in [1.165, 1.54) is 10.4 Å². The Morgan fingerprint density at radius 1 is 1.10 bits per heavy atom. The summed E-state index contributed by atoms with van der Waals surface area (Å²) in [6.07, 6.45) is 2.69. The minimum absolute atomic E-state index is 0.0172. The van der Waals surface area contributed by atoms with Gasteiger partial charge < -0.3 is 10.6 Å². The Bertz CT molecular complexity index is 1220. The Kier molecular flexibility index (Phi) is 6.49. The van der Waals surface area contributed by atoms with Gasteiger partial charge in [-0.05, 0) is 49.6 Å². The van der Waals surface area contributed by atoms with Crippen LogP contribution in [0.1, 0.15) is 23.3 Å². The van der Waals surface area contributed by atoms with Crippen molar-refractivity contribution >= 4 is 50.6 Å². The number of aryl methyl sites for hydroxylation is 2. The van der Waals surface area contributed by atoms with Crippen molar-refractivity contribution in [2.24, 2.45) is 0 Å². The lowest BCUT2D eigenvalue weighted by Gasteiger charge is -2.10. The van der Waals surface area contributed by atoms with Crippen LogP contribution in [0.15, 0.2) is 54.9 Å². The van der Waals surface area contributed by atoms with Crippen LogP contribution in [0.4, 0.5) is 11.5 Å². The number of hydrogen-bond acceptors (Lipinski definition) is 5. The summed E-state index contributed by atoms with van der Waals surface area (Å²) < 4.78 is 0. The Labute approximate surface area is 190 Å². The quantitative estimate of drug-likeness (QED) is 0.317. The third-order valence-electron chi connectivity index (χ3n) is 5.06. The van der Waals surface area contributed by atoms with E-state index in [0.29, 0.717) is 24.4 Å². The topological polar surface area (TPSA) is 66.9 Å². The lowest BCUT2D eigenvalue weighted by atomic mass is 10.0. The molecule has 0 spiro atoms. The third kappa shape index (κ3) is 4.86. The highest BCUT2D eigenvalue weighted by Gasteiger charge is 2.16. The number of amides is 1. The van der Waals surface area contributed by atoms with Gasteiger partial charge in [-0.25, -0.2) is 9.97 Å². The minimum atomic E-state index is -0.0172. The molecule has 0 atom stereocenters. The van der Waals surface area contributed by atoms with E-state index < -0.39 is 0 Å². The Morgan fingerprint density at radius 3 is 2.68 bits per heavy atom. The second kappa shape index (κ2) is 9.45. The van der Waals surface area contributed by atoms with Crippen molar-refractivity contribution in [1.82, 2.24) is 9.97 Å². The summed E-state index contributed by atoms with van der Waals surface area (Å²) in [4.78, 5) is 23.4. The highest BCUT2D eigenvalue weighted by Crippen LogP contribution is 2.40. The largest absolute Gasteiger partial charge is 0.369 e. The first-order valence-electron chi connectivity index (χ1n) is 10.1. The fourth-order valence-corrected chi connectivity index (χ4v) is 4.81. The van der Waals surface area contributed by atoms with E-state index in [-0.39, 0.29) is 5.91 Å². The number of aromatic nitrogens is 2. The summed E-state index contributed by atoms with van der Waals surface area (Å²) in [5, 5.41) is 8.06. The molecule has 0 radical (unpaired) electrons. The first kappa shape index (κ1) is 21.3. The molecule has 0 saturated heterocycles. The summed E-state index contributed by atoms with van der Waals surface area (Å²) in [5.41, 5.74) is 4.06. The predicted octanol–water partition coefficient (Wildman–Crippen LogP) is 6.46. The number of halogens is 1. The lowest BCUT2D eigenvalue weighted by molar-refractivity contribution is -0.116. The molecule has 0 aliphatic heterocycles. The highest BCUT2D eigenvalue weighted by atomic mass is 35.5. The second-order valence-electron chi connectivity index (χ2n) is 7.34. The van der Waals surface area contributed by atoms with E-state index in [1.54, 1.807) is 23.7 Å². The Morgan fingerprint density at radius 2 is 1.90 bits per heavy atom. The van der Waals surface area contributed by atoms with Gasteiger partial charge in [0.1, 0.15) is 17.0 Å². The monoisotopic (exact) mass is 450 g/mol. The van der Waals surface area contributed by atoms with Crippen LogP contribution < -0.4 is 10.6 Å². The lowest BCUT2D eigenvalue weighted by Crippen LogP contribution is -2.14. The summed E-state index contributed by atoms with van der Waals surface area (Å²) in [7, 11) is 0. The molecule has 158 valence electrons. The van der Waals surface area contributed by atoms with Gasteiger partial charge in [0, 0.05) is 34.1 Å². The van der Waals surface area contributed by atoms with E-state index in [4.69, 9.17) is 11.6 Å². The van der Waals surface area contributed by atoms with Crippen LogP contribution in [0, 0.1) is 13.8 Å². The van der Waals surface area contributed by atoms with Crippen molar-refractivity contribution in [3.8, 4) is 11.1 Å². The van der Waals surface area contributed by atoms with Crippen molar-refractivity contribution in [2.75, 3.05) is 17.2 Å². The van der Waals surface area contributed by atoms with Gasteiger partial charge in [-0.2, -0.15) is 0 Å². The van der Waals surface area contributed by atoms with Crippen molar-refractivity contribution in [2.45, 2.75) is 26.7 Å². The third-order valence-corrected chi connectivity index (χ3v) is 6.31. The maximum Gasteiger partial charge on any atom is 0.224 e.